The third kappa shape index (κ3) is 4.03. The molecule has 0 bridgehead atoms. The summed E-state index contributed by atoms with van der Waals surface area (Å²) in [5.41, 5.74) is 2.74. The van der Waals surface area contributed by atoms with Gasteiger partial charge in [0.05, 0.1) is 0 Å². The minimum atomic E-state index is -3.36. The molecule has 0 radical (unpaired) electrons. The van der Waals surface area contributed by atoms with Crippen molar-refractivity contribution in [2.24, 2.45) is 5.84 Å². The second-order valence-electron chi connectivity index (χ2n) is 3.09. The number of hydrazine groups is 1. The topological polar surface area (TPSA) is 38.0 Å². The fraction of sp³-hybridized carbons (Fsp3) is 0.333. The third-order valence-corrected chi connectivity index (χ3v) is 2.68. The number of rotatable bonds is 4. The molecule has 1 unspecified atom stereocenters. The quantitative estimate of drug-likeness (QED) is 0.509. The van der Waals surface area contributed by atoms with Gasteiger partial charge in [-0.15, -0.1) is 0 Å². The largest absolute Gasteiger partial charge is 0.338 e. The molecule has 84 valence electrons. The highest BCUT2D eigenvalue weighted by Crippen LogP contribution is 2.26. The average Bonchev–Trinajstić information content (AvgIpc) is 2.12. The lowest BCUT2D eigenvalue weighted by Crippen LogP contribution is -2.46. The van der Waals surface area contributed by atoms with E-state index in [1.54, 1.807) is 18.2 Å². The van der Waals surface area contributed by atoms with E-state index in [1.165, 1.54) is 0 Å². The predicted molar refractivity (Wildman–Crippen MR) is 59.8 cm³/mol. The van der Waals surface area contributed by atoms with E-state index in [9.17, 15) is 8.78 Å². The van der Waals surface area contributed by atoms with Gasteiger partial charge < -0.3 is 0 Å². The highest BCUT2D eigenvalue weighted by Gasteiger charge is 2.36. The Morgan fingerprint density at radius 2 is 2.20 bits per heavy atom. The summed E-state index contributed by atoms with van der Waals surface area (Å²) in [6, 6.07) is 5.77. The first-order valence-corrected chi connectivity index (χ1v) is 5.38. The Kier molecular flexibility index (Phi) is 4.45. The van der Waals surface area contributed by atoms with Gasteiger partial charge in [0, 0.05) is 4.47 Å². The zero-order valence-corrected chi connectivity index (χ0v) is 10.0. The molecule has 1 rings (SSSR count). The molecule has 0 spiro atoms. The molecular weight excluding hydrogens is 289 g/mol. The highest BCUT2D eigenvalue weighted by molar-refractivity contribution is 9.10. The first-order valence-electron chi connectivity index (χ1n) is 4.21. The second-order valence-corrected chi connectivity index (χ2v) is 4.51. The van der Waals surface area contributed by atoms with Crippen molar-refractivity contribution in [3.63, 3.8) is 0 Å². The number of nitrogens with two attached hydrogens (primary N) is 1. The minimum absolute atomic E-state index is 0.0619. The Labute approximate surface area is 99.9 Å². The summed E-state index contributed by atoms with van der Waals surface area (Å²) in [6.07, 6.45) is 0.0619. The van der Waals surface area contributed by atoms with E-state index in [2.05, 4.69) is 15.9 Å². The normalized spacial score (nSPS) is 13.9. The first kappa shape index (κ1) is 12.8. The Morgan fingerprint density at radius 3 is 2.67 bits per heavy atom. The third-order valence-electron chi connectivity index (χ3n) is 1.93. The number of benzene rings is 1. The van der Waals surface area contributed by atoms with Crippen LogP contribution in [0.3, 0.4) is 0 Å². The van der Waals surface area contributed by atoms with Gasteiger partial charge in [-0.25, -0.2) is 5.43 Å². The molecular formula is C9H10BrClF2N2. The van der Waals surface area contributed by atoms with Gasteiger partial charge in [-0.2, -0.15) is 8.78 Å². The van der Waals surface area contributed by atoms with E-state index in [0.29, 0.717) is 0 Å². The summed E-state index contributed by atoms with van der Waals surface area (Å²) in [5, 5.41) is -3.36. The van der Waals surface area contributed by atoms with Crippen molar-refractivity contribution < 1.29 is 8.78 Å². The highest BCUT2D eigenvalue weighted by atomic mass is 79.9. The van der Waals surface area contributed by atoms with Gasteiger partial charge in [-0.3, -0.25) is 5.84 Å². The molecule has 1 atom stereocenters. The lowest BCUT2D eigenvalue weighted by molar-refractivity contribution is 0.0503. The van der Waals surface area contributed by atoms with Crippen LogP contribution in [-0.4, -0.2) is 11.4 Å². The van der Waals surface area contributed by atoms with Crippen LogP contribution in [0.25, 0.3) is 0 Å². The van der Waals surface area contributed by atoms with E-state index in [4.69, 9.17) is 17.4 Å². The van der Waals surface area contributed by atoms with Crippen LogP contribution >= 0.6 is 27.5 Å². The van der Waals surface area contributed by atoms with E-state index >= 15 is 0 Å². The molecule has 0 aliphatic rings. The SMILES string of the molecule is NNC(Cc1cccc(Br)c1)C(F)(F)Cl. The molecule has 1 aromatic rings. The van der Waals surface area contributed by atoms with Crippen molar-refractivity contribution in [1.82, 2.24) is 5.43 Å². The maximum Gasteiger partial charge on any atom is 0.338 e. The van der Waals surface area contributed by atoms with Gasteiger partial charge in [0.2, 0.25) is 0 Å². The maximum absolute atomic E-state index is 12.8. The average molecular weight is 300 g/mol. The number of hydrogen-bond donors (Lipinski definition) is 2. The molecule has 0 amide bonds. The van der Waals surface area contributed by atoms with Crippen molar-refractivity contribution in [1.29, 1.82) is 0 Å². The Morgan fingerprint density at radius 1 is 1.53 bits per heavy atom. The van der Waals surface area contributed by atoms with Crippen LogP contribution in [0.2, 0.25) is 0 Å². The molecule has 15 heavy (non-hydrogen) atoms. The van der Waals surface area contributed by atoms with Gasteiger partial charge >= 0.3 is 5.38 Å². The molecule has 1 aromatic carbocycles. The molecule has 0 saturated heterocycles. The summed E-state index contributed by atoms with van der Waals surface area (Å²) in [5.74, 6) is 5.02. The van der Waals surface area contributed by atoms with Gasteiger partial charge in [-0.05, 0) is 35.7 Å². The van der Waals surface area contributed by atoms with Gasteiger partial charge in [0.15, 0.2) is 0 Å². The van der Waals surface area contributed by atoms with Crippen LogP contribution < -0.4 is 11.3 Å². The fourth-order valence-electron chi connectivity index (χ4n) is 1.17. The van der Waals surface area contributed by atoms with Crippen molar-refractivity contribution >= 4 is 27.5 Å². The summed E-state index contributed by atoms with van der Waals surface area (Å²) < 4.78 is 26.4. The van der Waals surface area contributed by atoms with E-state index in [-0.39, 0.29) is 6.42 Å². The van der Waals surface area contributed by atoms with Gasteiger partial charge in [0.1, 0.15) is 6.04 Å². The summed E-state index contributed by atoms with van der Waals surface area (Å²) in [6.45, 7) is 0. The Hall–Kier alpha value is -0.230. The smallest absolute Gasteiger partial charge is 0.271 e. The second kappa shape index (κ2) is 5.21. The fourth-order valence-corrected chi connectivity index (χ4v) is 1.76. The molecule has 0 saturated carbocycles. The van der Waals surface area contributed by atoms with E-state index in [0.717, 1.165) is 10.0 Å². The van der Waals surface area contributed by atoms with E-state index < -0.39 is 11.4 Å². The van der Waals surface area contributed by atoms with Crippen LogP contribution in [0, 0.1) is 0 Å². The molecule has 2 nitrogen and oxygen atoms in total. The molecule has 0 fully saturated rings. The molecule has 0 aliphatic carbocycles. The monoisotopic (exact) mass is 298 g/mol. The molecule has 0 aromatic heterocycles. The Bertz CT molecular complexity index is 330. The lowest BCUT2D eigenvalue weighted by Gasteiger charge is -2.20. The van der Waals surface area contributed by atoms with Crippen LogP contribution in [0.1, 0.15) is 5.56 Å². The number of hydrogen-bond acceptors (Lipinski definition) is 2. The van der Waals surface area contributed by atoms with Crippen molar-refractivity contribution in [2.75, 3.05) is 0 Å². The van der Waals surface area contributed by atoms with Crippen LogP contribution in [0.5, 0.6) is 0 Å². The molecule has 3 N–H and O–H groups in total. The number of halogens is 4. The zero-order valence-electron chi connectivity index (χ0n) is 7.68. The molecule has 6 heteroatoms. The molecule has 0 heterocycles. The lowest BCUT2D eigenvalue weighted by atomic mass is 10.1. The van der Waals surface area contributed by atoms with Crippen molar-refractivity contribution in [3.8, 4) is 0 Å². The summed E-state index contributed by atoms with van der Waals surface area (Å²) in [4.78, 5) is 0. The van der Waals surface area contributed by atoms with Crippen LogP contribution in [0.4, 0.5) is 8.78 Å². The molecule has 0 aliphatic heterocycles. The van der Waals surface area contributed by atoms with Gasteiger partial charge in [-0.1, -0.05) is 28.1 Å². The maximum atomic E-state index is 12.8. The summed E-state index contributed by atoms with van der Waals surface area (Å²) >= 11 is 8.15. The van der Waals surface area contributed by atoms with Crippen LogP contribution in [0.15, 0.2) is 28.7 Å². The number of alkyl halides is 3. The van der Waals surface area contributed by atoms with Gasteiger partial charge in [0.25, 0.3) is 0 Å². The number of nitrogens with one attached hydrogen (secondary N) is 1. The van der Waals surface area contributed by atoms with Crippen molar-refractivity contribution in [3.05, 3.63) is 34.3 Å². The standard InChI is InChI=1S/C9H10BrClF2N2/c10-7-3-1-2-6(4-7)5-8(15-14)9(11,12)13/h1-4,8,15H,5,14H2. The summed E-state index contributed by atoms with van der Waals surface area (Å²) in [7, 11) is 0. The van der Waals surface area contributed by atoms with Crippen molar-refractivity contribution in [2.45, 2.75) is 17.8 Å². The Balaban J connectivity index is 2.76. The predicted octanol–water partition coefficient (Wildman–Crippen LogP) is 2.66. The van der Waals surface area contributed by atoms with Crippen LogP contribution in [-0.2, 0) is 6.42 Å². The first-order chi connectivity index (χ1) is 6.93. The zero-order chi connectivity index (χ0) is 11.5. The minimum Gasteiger partial charge on any atom is -0.271 e. The van der Waals surface area contributed by atoms with E-state index in [1.807, 2.05) is 11.5 Å².